The van der Waals surface area contributed by atoms with Crippen molar-refractivity contribution in [2.45, 2.75) is 6.54 Å². The summed E-state index contributed by atoms with van der Waals surface area (Å²) in [5.74, 6) is 5.05. The van der Waals surface area contributed by atoms with Crippen molar-refractivity contribution in [3.63, 3.8) is 0 Å². The molecule has 0 aliphatic carbocycles. The summed E-state index contributed by atoms with van der Waals surface area (Å²) in [6.45, 7) is 0.0796. The fourth-order valence-electron chi connectivity index (χ4n) is 1.54. The Morgan fingerprint density at radius 3 is 2.90 bits per heavy atom. The van der Waals surface area contributed by atoms with Gasteiger partial charge in [0.2, 0.25) is 0 Å². The molecule has 0 unspecified atom stereocenters. The number of nitrogens with two attached hydrogens (primary N) is 1. The Hall–Kier alpha value is -3.01. The summed E-state index contributed by atoms with van der Waals surface area (Å²) in [6.07, 6.45) is 1.29. The number of benzene rings is 1. The normalized spacial score (nSPS) is 10.1. The second kappa shape index (κ2) is 5.75. The van der Waals surface area contributed by atoms with Crippen LogP contribution in [0.1, 0.15) is 16.2 Å². The molecule has 2 aromatic rings. The number of nitro groups is 1. The minimum Gasteiger partial charge on any atom is -0.345 e. The van der Waals surface area contributed by atoms with Crippen LogP contribution >= 0.6 is 0 Å². The Morgan fingerprint density at radius 2 is 2.30 bits per heavy atom. The van der Waals surface area contributed by atoms with Gasteiger partial charge in [-0.2, -0.15) is 5.10 Å². The molecule has 0 radical (unpaired) electrons. The van der Waals surface area contributed by atoms with Gasteiger partial charge < -0.3 is 10.7 Å². The van der Waals surface area contributed by atoms with Gasteiger partial charge >= 0.3 is 0 Å². The van der Waals surface area contributed by atoms with E-state index in [9.17, 15) is 14.9 Å². The number of rotatable bonds is 5. The van der Waals surface area contributed by atoms with Gasteiger partial charge in [0.1, 0.15) is 17.7 Å². The number of hydrogen-bond donors (Lipinski definition) is 4. The summed E-state index contributed by atoms with van der Waals surface area (Å²) in [4.78, 5) is 26.1. The molecule has 1 amide bonds. The molecule has 0 saturated carbocycles. The molecule has 5 N–H and O–H groups in total. The Labute approximate surface area is 112 Å². The van der Waals surface area contributed by atoms with E-state index in [1.165, 1.54) is 24.5 Å². The summed E-state index contributed by atoms with van der Waals surface area (Å²) in [5, 5.41) is 19.6. The van der Waals surface area contributed by atoms with Crippen LogP contribution in [-0.4, -0.2) is 26.0 Å². The van der Waals surface area contributed by atoms with Gasteiger partial charge in [-0.05, 0) is 12.1 Å². The lowest BCUT2D eigenvalue weighted by atomic mass is 10.1. The van der Waals surface area contributed by atoms with Crippen molar-refractivity contribution in [1.29, 1.82) is 0 Å². The van der Waals surface area contributed by atoms with E-state index in [1.54, 1.807) is 0 Å². The first-order valence-corrected chi connectivity index (χ1v) is 5.49. The lowest BCUT2D eigenvalue weighted by Gasteiger charge is -2.06. The van der Waals surface area contributed by atoms with E-state index in [0.29, 0.717) is 11.5 Å². The Bertz CT molecular complexity index is 626. The van der Waals surface area contributed by atoms with E-state index in [2.05, 4.69) is 25.9 Å². The van der Waals surface area contributed by atoms with E-state index in [0.717, 1.165) is 0 Å². The molecular formula is C10H11N7O3. The zero-order valence-electron chi connectivity index (χ0n) is 10.2. The van der Waals surface area contributed by atoms with Crippen LogP contribution in [0.2, 0.25) is 0 Å². The van der Waals surface area contributed by atoms with E-state index >= 15 is 0 Å². The molecule has 10 nitrogen and oxygen atoms in total. The molecule has 0 fully saturated rings. The van der Waals surface area contributed by atoms with Crippen molar-refractivity contribution < 1.29 is 9.72 Å². The van der Waals surface area contributed by atoms with Gasteiger partial charge in [-0.1, -0.05) is 0 Å². The molecule has 10 heteroatoms. The number of hydrazine groups is 1. The Kier molecular flexibility index (Phi) is 3.86. The highest BCUT2D eigenvalue weighted by Gasteiger charge is 2.20. The molecule has 2 rings (SSSR count). The fourth-order valence-corrected chi connectivity index (χ4v) is 1.54. The number of hydrogen-bond acceptors (Lipinski definition) is 7. The maximum absolute atomic E-state index is 12.0. The standard InChI is InChI=1S/C10H11N7O3/c11-15-6-1-2-8(17(19)20)7(3-6)10(18)12-4-9-13-5-14-16-9/h1-3,5,15H,4,11H2,(H,12,18)(H,13,14,16). The molecule has 0 bridgehead atoms. The molecular weight excluding hydrogens is 266 g/mol. The van der Waals surface area contributed by atoms with Crippen molar-refractivity contribution in [2.24, 2.45) is 5.84 Å². The molecule has 0 atom stereocenters. The van der Waals surface area contributed by atoms with Crippen molar-refractivity contribution in [2.75, 3.05) is 5.43 Å². The van der Waals surface area contributed by atoms with Gasteiger partial charge in [0, 0.05) is 11.8 Å². The third kappa shape index (κ3) is 2.87. The molecule has 0 saturated heterocycles. The maximum atomic E-state index is 12.0. The van der Waals surface area contributed by atoms with Gasteiger partial charge in [0.05, 0.1) is 11.5 Å². The van der Waals surface area contributed by atoms with Crippen molar-refractivity contribution in [3.05, 3.63) is 46.0 Å². The third-order valence-electron chi connectivity index (χ3n) is 2.49. The number of nitro benzene ring substituents is 1. The first-order valence-electron chi connectivity index (χ1n) is 5.49. The number of nitrogen functional groups attached to an aromatic ring is 1. The monoisotopic (exact) mass is 277 g/mol. The minimum absolute atomic E-state index is 0.0796. The number of aromatic nitrogens is 3. The molecule has 1 heterocycles. The van der Waals surface area contributed by atoms with E-state index in [-0.39, 0.29) is 17.8 Å². The van der Waals surface area contributed by atoms with Crippen LogP contribution in [0, 0.1) is 10.1 Å². The summed E-state index contributed by atoms with van der Waals surface area (Å²) >= 11 is 0. The van der Waals surface area contributed by atoms with Crippen LogP contribution in [0.25, 0.3) is 0 Å². The number of amides is 1. The lowest BCUT2D eigenvalue weighted by molar-refractivity contribution is -0.385. The predicted molar refractivity (Wildman–Crippen MR) is 68.5 cm³/mol. The highest BCUT2D eigenvalue weighted by molar-refractivity contribution is 5.99. The number of nitrogens with one attached hydrogen (secondary N) is 3. The van der Waals surface area contributed by atoms with E-state index in [4.69, 9.17) is 5.84 Å². The number of H-pyrrole nitrogens is 1. The average Bonchev–Trinajstić information content (AvgIpc) is 2.97. The zero-order chi connectivity index (χ0) is 14.5. The fraction of sp³-hybridized carbons (Fsp3) is 0.100. The number of carbonyl (C=O) groups excluding carboxylic acids is 1. The quantitative estimate of drug-likeness (QED) is 0.339. The summed E-state index contributed by atoms with van der Waals surface area (Å²) in [7, 11) is 0. The number of anilines is 1. The van der Waals surface area contributed by atoms with Gasteiger partial charge in [-0.25, -0.2) is 4.98 Å². The number of carbonyl (C=O) groups is 1. The SMILES string of the molecule is NNc1ccc([N+](=O)[O-])c(C(=O)NCc2ncn[nH]2)c1. The highest BCUT2D eigenvalue weighted by Crippen LogP contribution is 2.22. The van der Waals surface area contributed by atoms with Crippen molar-refractivity contribution in [3.8, 4) is 0 Å². The molecule has 20 heavy (non-hydrogen) atoms. The topological polar surface area (TPSA) is 152 Å². The first-order chi connectivity index (χ1) is 9.61. The molecule has 0 aliphatic heterocycles. The van der Waals surface area contributed by atoms with Crippen LogP contribution in [0.5, 0.6) is 0 Å². The molecule has 0 aliphatic rings. The average molecular weight is 277 g/mol. The summed E-state index contributed by atoms with van der Waals surface area (Å²) < 4.78 is 0. The van der Waals surface area contributed by atoms with Crippen LogP contribution in [-0.2, 0) is 6.54 Å². The van der Waals surface area contributed by atoms with Crippen LogP contribution in [0.15, 0.2) is 24.5 Å². The molecule has 104 valence electrons. The second-order valence-electron chi connectivity index (χ2n) is 3.75. The largest absolute Gasteiger partial charge is 0.345 e. The Morgan fingerprint density at radius 1 is 1.50 bits per heavy atom. The first kappa shape index (κ1) is 13.4. The molecule has 1 aromatic heterocycles. The van der Waals surface area contributed by atoms with Gasteiger partial charge in [0.25, 0.3) is 11.6 Å². The Balaban J connectivity index is 2.20. The smallest absolute Gasteiger partial charge is 0.282 e. The van der Waals surface area contributed by atoms with Crippen LogP contribution in [0.3, 0.4) is 0 Å². The molecule has 1 aromatic carbocycles. The minimum atomic E-state index is -0.635. The predicted octanol–water partition coefficient (Wildman–Crippen LogP) is -0.0715. The van der Waals surface area contributed by atoms with E-state index < -0.39 is 10.8 Å². The zero-order valence-corrected chi connectivity index (χ0v) is 10.2. The van der Waals surface area contributed by atoms with Crippen molar-refractivity contribution >= 4 is 17.3 Å². The molecule has 0 spiro atoms. The maximum Gasteiger partial charge on any atom is 0.282 e. The summed E-state index contributed by atoms with van der Waals surface area (Å²) in [5.41, 5.74) is 2.32. The van der Waals surface area contributed by atoms with Gasteiger partial charge in [-0.3, -0.25) is 25.9 Å². The van der Waals surface area contributed by atoms with E-state index in [1.807, 2.05) is 0 Å². The number of aromatic amines is 1. The van der Waals surface area contributed by atoms with Crippen LogP contribution in [0.4, 0.5) is 11.4 Å². The van der Waals surface area contributed by atoms with Gasteiger partial charge in [0.15, 0.2) is 0 Å². The van der Waals surface area contributed by atoms with Gasteiger partial charge in [-0.15, -0.1) is 0 Å². The number of nitrogens with zero attached hydrogens (tertiary/aromatic N) is 3. The lowest BCUT2D eigenvalue weighted by Crippen LogP contribution is -2.24. The highest BCUT2D eigenvalue weighted by atomic mass is 16.6. The summed E-state index contributed by atoms with van der Waals surface area (Å²) in [6, 6.07) is 3.91. The van der Waals surface area contributed by atoms with Crippen molar-refractivity contribution in [1.82, 2.24) is 20.5 Å². The van der Waals surface area contributed by atoms with Crippen LogP contribution < -0.4 is 16.6 Å². The third-order valence-corrected chi connectivity index (χ3v) is 2.49. The second-order valence-corrected chi connectivity index (χ2v) is 3.75.